The van der Waals surface area contributed by atoms with Gasteiger partial charge in [0, 0.05) is 12.0 Å². The molecule has 0 saturated heterocycles. The molecule has 1 saturated carbocycles. The quantitative estimate of drug-likeness (QED) is 0.785. The largest absolute Gasteiger partial charge is 0.393 e. The van der Waals surface area contributed by atoms with Gasteiger partial charge in [-0.2, -0.15) is 0 Å². The first-order valence-electron chi connectivity index (χ1n) is 7.01. The van der Waals surface area contributed by atoms with Crippen LogP contribution in [0.15, 0.2) is 30.3 Å². The van der Waals surface area contributed by atoms with E-state index in [1.165, 1.54) is 12.8 Å². The lowest BCUT2D eigenvalue weighted by atomic mass is 9.77. The molecule has 0 amide bonds. The van der Waals surface area contributed by atoms with Crippen LogP contribution >= 0.6 is 0 Å². The highest BCUT2D eigenvalue weighted by molar-refractivity contribution is 5.33. The standard InChI is InChI=1S/C17H22O/c1-2-14-11-12-17(18)16(13-14)10-6-9-15-7-4-3-5-8-15/h3-5,7-8,14,16-18H,2,10-13H2,1H3. The van der Waals surface area contributed by atoms with Crippen molar-refractivity contribution in [2.75, 3.05) is 0 Å². The summed E-state index contributed by atoms with van der Waals surface area (Å²) >= 11 is 0. The molecule has 2 rings (SSSR count). The second-order valence-electron chi connectivity index (χ2n) is 5.29. The zero-order chi connectivity index (χ0) is 12.8. The molecule has 18 heavy (non-hydrogen) atoms. The number of hydrogen-bond donors (Lipinski definition) is 1. The molecular weight excluding hydrogens is 220 g/mol. The van der Waals surface area contributed by atoms with Crippen LogP contribution in [0.25, 0.3) is 0 Å². The molecule has 0 spiro atoms. The van der Waals surface area contributed by atoms with Crippen LogP contribution in [0.1, 0.15) is 44.6 Å². The summed E-state index contributed by atoms with van der Waals surface area (Å²) in [6.07, 6.45) is 5.19. The lowest BCUT2D eigenvalue weighted by molar-refractivity contribution is 0.0498. The summed E-state index contributed by atoms with van der Waals surface area (Å²) < 4.78 is 0. The predicted octanol–water partition coefficient (Wildman–Crippen LogP) is 3.62. The average molecular weight is 242 g/mol. The van der Waals surface area contributed by atoms with Crippen LogP contribution in [0.3, 0.4) is 0 Å². The van der Waals surface area contributed by atoms with E-state index in [0.717, 1.165) is 30.7 Å². The third-order valence-electron chi connectivity index (χ3n) is 4.00. The highest BCUT2D eigenvalue weighted by atomic mass is 16.3. The Balaban J connectivity index is 1.91. The minimum Gasteiger partial charge on any atom is -0.393 e. The second-order valence-corrected chi connectivity index (χ2v) is 5.29. The molecule has 0 aliphatic heterocycles. The molecule has 1 fully saturated rings. The van der Waals surface area contributed by atoms with E-state index in [2.05, 4.69) is 18.8 Å². The molecule has 1 heteroatoms. The summed E-state index contributed by atoms with van der Waals surface area (Å²) in [5.41, 5.74) is 1.06. The highest BCUT2D eigenvalue weighted by Gasteiger charge is 2.27. The minimum absolute atomic E-state index is 0.141. The molecule has 3 atom stereocenters. The van der Waals surface area contributed by atoms with Gasteiger partial charge in [-0.1, -0.05) is 43.4 Å². The van der Waals surface area contributed by atoms with Crippen LogP contribution in [-0.2, 0) is 0 Å². The maximum atomic E-state index is 10.0. The van der Waals surface area contributed by atoms with Gasteiger partial charge in [0.2, 0.25) is 0 Å². The molecule has 0 aromatic heterocycles. The molecule has 1 nitrogen and oxygen atoms in total. The highest BCUT2D eigenvalue weighted by Crippen LogP contribution is 2.32. The SMILES string of the molecule is CCC1CCC(O)C(CC#Cc2ccccc2)C1. The Hall–Kier alpha value is -1.26. The van der Waals surface area contributed by atoms with E-state index in [1.54, 1.807) is 0 Å². The van der Waals surface area contributed by atoms with Crippen molar-refractivity contribution < 1.29 is 5.11 Å². The summed E-state index contributed by atoms with van der Waals surface area (Å²) in [6.45, 7) is 2.25. The number of hydrogen-bond acceptors (Lipinski definition) is 1. The summed E-state index contributed by atoms with van der Waals surface area (Å²) in [7, 11) is 0. The first-order chi connectivity index (χ1) is 8.79. The zero-order valence-corrected chi connectivity index (χ0v) is 11.1. The van der Waals surface area contributed by atoms with Crippen LogP contribution in [0.4, 0.5) is 0 Å². The van der Waals surface area contributed by atoms with Crippen molar-refractivity contribution >= 4 is 0 Å². The molecular formula is C17H22O. The van der Waals surface area contributed by atoms with Crippen molar-refractivity contribution in [1.82, 2.24) is 0 Å². The Kier molecular flexibility index (Phi) is 4.84. The summed E-state index contributed by atoms with van der Waals surface area (Å²) in [5.74, 6) is 7.58. The fourth-order valence-electron chi connectivity index (χ4n) is 2.74. The van der Waals surface area contributed by atoms with Crippen LogP contribution in [-0.4, -0.2) is 11.2 Å². The van der Waals surface area contributed by atoms with Crippen LogP contribution in [0, 0.1) is 23.7 Å². The zero-order valence-electron chi connectivity index (χ0n) is 11.1. The van der Waals surface area contributed by atoms with Gasteiger partial charge in [-0.15, -0.1) is 0 Å². The average Bonchev–Trinajstić information content (AvgIpc) is 2.42. The van der Waals surface area contributed by atoms with Crippen LogP contribution in [0.2, 0.25) is 0 Å². The molecule has 1 aliphatic carbocycles. The molecule has 0 bridgehead atoms. The van der Waals surface area contributed by atoms with E-state index < -0.39 is 0 Å². The van der Waals surface area contributed by atoms with E-state index in [1.807, 2.05) is 30.3 Å². The summed E-state index contributed by atoms with van der Waals surface area (Å²) in [4.78, 5) is 0. The molecule has 0 heterocycles. The van der Waals surface area contributed by atoms with Gasteiger partial charge in [-0.05, 0) is 43.2 Å². The molecule has 1 aromatic rings. The van der Waals surface area contributed by atoms with E-state index >= 15 is 0 Å². The Bertz CT molecular complexity index is 412. The predicted molar refractivity (Wildman–Crippen MR) is 75.1 cm³/mol. The molecule has 96 valence electrons. The molecule has 1 N–H and O–H groups in total. The number of aliphatic hydroxyl groups is 1. The molecule has 1 aliphatic rings. The van der Waals surface area contributed by atoms with Crippen LogP contribution in [0.5, 0.6) is 0 Å². The fourth-order valence-corrected chi connectivity index (χ4v) is 2.74. The lowest BCUT2D eigenvalue weighted by Crippen LogP contribution is -2.28. The Morgan fingerprint density at radius 3 is 2.72 bits per heavy atom. The number of benzene rings is 1. The normalized spacial score (nSPS) is 27.3. The van der Waals surface area contributed by atoms with E-state index in [0.29, 0.717) is 5.92 Å². The topological polar surface area (TPSA) is 20.2 Å². The lowest BCUT2D eigenvalue weighted by Gasteiger charge is -2.31. The van der Waals surface area contributed by atoms with E-state index in [9.17, 15) is 5.11 Å². The van der Waals surface area contributed by atoms with Crippen molar-refractivity contribution in [3.8, 4) is 11.8 Å². The van der Waals surface area contributed by atoms with Gasteiger partial charge in [0.25, 0.3) is 0 Å². The van der Waals surface area contributed by atoms with Gasteiger partial charge < -0.3 is 5.11 Å². The Labute approximate surface area is 110 Å². The monoisotopic (exact) mass is 242 g/mol. The van der Waals surface area contributed by atoms with Crippen LogP contribution < -0.4 is 0 Å². The molecule has 0 radical (unpaired) electrons. The maximum absolute atomic E-state index is 10.0. The first kappa shape index (κ1) is 13.2. The third kappa shape index (κ3) is 3.62. The van der Waals surface area contributed by atoms with Crippen molar-refractivity contribution in [2.45, 2.75) is 45.1 Å². The Morgan fingerprint density at radius 2 is 2.00 bits per heavy atom. The van der Waals surface area contributed by atoms with Crippen molar-refractivity contribution in [2.24, 2.45) is 11.8 Å². The number of rotatable bonds is 2. The second kappa shape index (κ2) is 6.61. The minimum atomic E-state index is -0.141. The summed E-state index contributed by atoms with van der Waals surface area (Å²) in [6, 6.07) is 10.1. The van der Waals surface area contributed by atoms with E-state index in [-0.39, 0.29) is 6.10 Å². The number of aliphatic hydroxyl groups excluding tert-OH is 1. The molecule has 3 unspecified atom stereocenters. The maximum Gasteiger partial charge on any atom is 0.0577 e. The summed E-state index contributed by atoms with van der Waals surface area (Å²) in [5, 5.41) is 10.0. The molecule has 1 aromatic carbocycles. The Morgan fingerprint density at radius 1 is 1.22 bits per heavy atom. The van der Waals surface area contributed by atoms with Crippen molar-refractivity contribution in [3.63, 3.8) is 0 Å². The van der Waals surface area contributed by atoms with Gasteiger partial charge in [0.05, 0.1) is 6.10 Å². The third-order valence-corrected chi connectivity index (χ3v) is 4.00. The smallest absolute Gasteiger partial charge is 0.0577 e. The van der Waals surface area contributed by atoms with E-state index in [4.69, 9.17) is 0 Å². The van der Waals surface area contributed by atoms with Gasteiger partial charge in [0.15, 0.2) is 0 Å². The van der Waals surface area contributed by atoms with Gasteiger partial charge in [0.1, 0.15) is 0 Å². The fraction of sp³-hybridized carbons (Fsp3) is 0.529. The van der Waals surface area contributed by atoms with Gasteiger partial charge in [-0.25, -0.2) is 0 Å². The van der Waals surface area contributed by atoms with Crippen molar-refractivity contribution in [3.05, 3.63) is 35.9 Å². The van der Waals surface area contributed by atoms with Crippen molar-refractivity contribution in [1.29, 1.82) is 0 Å². The first-order valence-corrected chi connectivity index (χ1v) is 7.01. The van der Waals surface area contributed by atoms with Gasteiger partial charge >= 0.3 is 0 Å². The van der Waals surface area contributed by atoms with Gasteiger partial charge in [-0.3, -0.25) is 0 Å².